The van der Waals surface area contributed by atoms with Gasteiger partial charge in [0, 0.05) is 6.42 Å². The lowest BCUT2D eigenvalue weighted by atomic mass is 10.0. The van der Waals surface area contributed by atoms with Crippen LogP contribution in [0.1, 0.15) is 181 Å². The van der Waals surface area contributed by atoms with Crippen molar-refractivity contribution in [3.8, 4) is 0 Å². The standard InChI is InChI=1S/C59H99N2O6P/c1-6-8-10-12-14-15-16-17-18-19-20-21-22-23-24-25-26-27-28-29-30-31-32-33-34-35-36-37-38-39-40-41-42-43-44-45-47-49-51-53-59(63)60-57(58(62)52-50-48-46-13-11-9-7-2)56-67-68(64,65)66-55-54-61(3,4)5/h8,10,14-15,17-18,20-21,23-24,26-27,29-30,32-33,35-36,38-39,41-42,57-58,62H,6-7,9,11-13,16,19,22,25,28,31,34,37,40,43-56H2,1-5H3,(H-,60,63,64,65)/b10-8-,15-14-,18-17-,21-20-,24-23-,27-26-,30-29-,33-32-,36-35-,39-38-,42-41-. The number of quaternary nitrogens is 1. The molecule has 386 valence electrons. The van der Waals surface area contributed by atoms with Crippen LogP contribution in [0.25, 0.3) is 0 Å². The Bertz CT molecular complexity index is 1560. The fourth-order valence-electron chi connectivity index (χ4n) is 6.75. The number of amides is 1. The van der Waals surface area contributed by atoms with Crippen LogP contribution in [0.4, 0.5) is 0 Å². The normalized spacial score (nSPS) is 15.1. The number of phosphoric ester groups is 1. The molecular weight excluding hydrogens is 864 g/mol. The topological polar surface area (TPSA) is 108 Å². The first-order valence-electron chi connectivity index (χ1n) is 26.5. The summed E-state index contributed by atoms with van der Waals surface area (Å²) in [4.78, 5) is 25.3. The highest BCUT2D eigenvalue weighted by molar-refractivity contribution is 7.45. The molecule has 9 heteroatoms. The summed E-state index contributed by atoms with van der Waals surface area (Å²) in [5.74, 6) is -0.195. The molecule has 0 aromatic carbocycles. The lowest BCUT2D eigenvalue weighted by molar-refractivity contribution is -0.870. The number of allylic oxidation sites excluding steroid dienone is 22. The molecular formula is C59H99N2O6P. The van der Waals surface area contributed by atoms with E-state index in [2.05, 4.69) is 153 Å². The first-order valence-corrected chi connectivity index (χ1v) is 28.0. The lowest BCUT2D eigenvalue weighted by Crippen LogP contribution is -2.46. The molecule has 0 bridgehead atoms. The van der Waals surface area contributed by atoms with E-state index in [1.54, 1.807) is 0 Å². The van der Waals surface area contributed by atoms with E-state index in [1.165, 1.54) is 25.7 Å². The second-order valence-corrected chi connectivity index (χ2v) is 19.9. The summed E-state index contributed by atoms with van der Waals surface area (Å²) >= 11 is 0. The average molecular weight is 963 g/mol. The van der Waals surface area contributed by atoms with Crippen molar-refractivity contribution in [1.82, 2.24) is 5.32 Å². The van der Waals surface area contributed by atoms with Gasteiger partial charge < -0.3 is 28.8 Å². The van der Waals surface area contributed by atoms with Crippen molar-refractivity contribution in [1.29, 1.82) is 0 Å². The Balaban J connectivity index is 4.07. The van der Waals surface area contributed by atoms with Crippen molar-refractivity contribution in [3.63, 3.8) is 0 Å². The smallest absolute Gasteiger partial charge is 0.268 e. The fourth-order valence-corrected chi connectivity index (χ4v) is 7.47. The number of carbonyl (C=O) groups is 1. The van der Waals surface area contributed by atoms with Gasteiger partial charge in [0.25, 0.3) is 7.82 Å². The molecule has 1 amide bonds. The lowest BCUT2D eigenvalue weighted by Gasteiger charge is -2.30. The number of likely N-dealkylation sites (N-methyl/N-ethyl adjacent to an activating group) is 1. The second kappa shape index (κ2) is 48.7. The zero-order valence-corrected chi connectivity index (χ0v) is 44.6. The van der Waals surface area contributed by atoms with E-state index in [-0.39, 0.29) is 19.1 Å². The Hall–Kier alpha value is -3.36. The van der Waals surface area contributed by atoms with Crippen LogP contribution in [0.5, 0.6) is 0 Å². The number of nitrogens with zero attached hydrogens (tertiary/aromatic N) is 1. The molecule has 3 atom stereocenters. The van der Waals surface area contributed by atoms with Crippen molar-refractivity contribution in [2.45, 2.75) is 193 Å². The van der Waals surface area contributed by atoms with Gasteiger partial charge in [0.2, 0.25) is 5.91 Å². The molecule has 0 saturated carbocycles. The number of aliphatic hydroxyl groups is 1. The molecule has 0 saturated heterocycles. The van der Waals surface area contributed by atoms with Gasteiger partial charge in [-0.05, 0) is 96.3 Å². The van der Waals surface area contributed by atoms with Crippen LogP contribution in [0.3, 0.4) is 0 Å². The molecule has 0 radical (unpaired) electrons. The highest BCUT2D eigenvalue weighted by atomic mass is 31.2. The minimum Gasteiger partial charge on any atom is -0.756 e. The Morgan fingerprint density at radius 2 is 0.897 bits per heavy atom. The third-order valence-corrected chi connectivity index (χ3v) is 11.9. The van der Waals surface area contributed by atoms with E-state index in [9.17, 15) is 19.4 Å². The maximum atomic E-state index is 12.8. The summed E-state index contributed by atoms with van der Waals surface area (Å²) in [6, 6.07) is -0.818. The molecule has 0 spiro atoms. The van der Waals surface area contributed by atoms with Gasteiger partial charge in [-0.3, -0.25) is 9.36 Å². The van der Waals surface area contributed by atoms with Crippen molar-refractivity contribution in [2.24, 2.45) is 0 Å². The van der Waals surface area contributed by atoms with E-state index < -0.39 is 20.0 Å². The van der Waals surface area contributed by atoms with Crippen LogP contribution >= 0.6 is 7.82 Å². The summed E-state index contributed by atoms with van der Waals surface area (Å²) in [6.07, 6.45) is 73.7. The number of carbonyl (C=O) groups excluding carboxylic acids is 1. The van der Waals surface area contributed by atoms with E-state index in [1.807, 2.05) is 21.1 Å². The van der Waals surface area contributed by atoms with Crippen molar-refractivity contribution in [2.75, 3.05) is 40.9 Å². The summed E-state index contributed by atoms with van der Waals surface area (Å²) in [7, 11) is 1.26. The molecule has 0 aliphatic carbocycles. The predicted octanol–water partition coefficient (Wildman–Crippen LogP) is 15.3. The van der Waals surface area contributed by atoms with Gasteiger partial charge in [0.15, 0.2) is 0 Å². The van der Waals surface area contributed by atoms with Gasteiger partial charge in [0.1, 0.15) is 13.2 Å². The van der Waals surface area contributed by atoms with Crippen LogP contribution < -0.4 is 10.2 Å². The predicted molar refractivity (Wildman–Crippen MR) is 292 cm³/mol. The van der Waals surface area contributed by atoms with Crippen molar-refractivity contribution in [3.05, 3.63) is 134 Å². The molecule has 0 aliphatic heterocycles. The van der Waals surface area contributed by atoms with Crippen LogP contribution in [0.15, 0.2) is 134 Å². The van der Waals surface area contributed by atoms with Gasteiger partial charge in [-0.2, -0.15) is 0 Å². The van der Waals surface area contributed by atoms with Crippen molar-refractivity contribution < 1.29 is 32.9 Å². The van der Waals surface area contributed by atoms with Gasteiger partial charge in [-0.25, -0.2) is 0 Å². The van der Waals surface area contributed by atoms with E-state index in [0.717, 1.165) is 128 Å². The molecule has 0 fully saturated rings. The first kappa shape index (κ1) is 64.6. The third kappa shape index (κ3) is 50.5. The van der Waals surface area contributed by atoms with Gasteiger partial charge in [-0.15, -0.1) is 0 Å². The molecule has 2 N–H and O–H groups in total. The Labute approximate surface area is 417 Å². The zero-order chi connectivity index (χ0) is 49.9. The number of rotatable bonds is 46. The Kier molecular flexibility index (Phi) is 46.3. The van der Waals surface area contributed by atoms with Gasteiger partial charge in [0.05, 0.1) is 39.9 Å². The van der Waals surface area contributed by atoms with Crippen LogP contribution in [-0.2, 0) is 18.4 Å². The maximum Gasteiger partial charge on any atom is 0.268 e. The van der Waals surface area contributed by atoms with Crippen LogP contribution in [0.2, 0.25) is 0 Å². The highest BCUT2D eigenvalue weighted by Crippen LogP contribution is 2.38. The fraction of sp³-hybridized carbons (Fsp3) is 0.610. The van der Waals surface area contributed by atoms with E-state index in [4.69, 9.17) is 9.05 Å². The number of nitrogens with one attached hydrogen (secondary N) is 1. The second-order valence-electron chi connectivity index (χ2n) is 18.5. The Morgan fingerprint density at radius 1 is 0.529 bits per heavy atom. The largest absolute Gasteiger partial charge is 0.756 e. The highest BCUT2D eigenvalue weighted by Gasteiger charge is 2.24. The van der Waals surface area contributed by atoms with E-state index in [0.29, 0.717) is 23.9 Å². The third-order valence-electron chi connectivity index (χ3n) is 10.9. The minimum atomic E-state index is -4.57. The monoisotopic (exact) mass is 963 g/mol. The summed E-state index contributed by atoms with van der Waals surface area (Å²) in [6.45, 7) is 4.50. The van der Waals surface area contributed by atoms with E-state index >= 15 is 0 Å². The molecule has 0 aromatic heterocycles. The molecule has 3 unspecified atom stereocenters. The molecule has 0 aromatic rings. The summed E-state index contributed by atoms with van der Waals surface area (Å²) in [5, 5.41) is 13.8. The number of phosphoric acid groups is 1. The number of hydrogen-bond acceptors (Lipinski definition) is 6. The first-order chi connectivity index (χ1) is 33.0. The molecule has 0 rings (SSSR count). The molecule has 0 heterocycles. The van der Waals surface area contributed by atoms with Crippen LogP contribution in [-0.4, -0.2) is 68.5 Å². The summed E-state index contributed by atoms with van der Waals surface area (Å²) < 4.78 is 23.2. The van der Waals surface area contributed by atoms with Crippen LogP contribution in [0, 0.1) is 0 Å². The number of unbranched alkanes of at least 4 members (excludes halogenated alkanes) is 11. The van der Waals surface area contributed by atoms with Gasteiger partial charge >= 0.3 is 0 Å². The number of aliphatic hydroxyl groups excluding tert-OH is 1. The summed E-state index contributed by atoms with van der Waals surface area (Å²) in [5.41, 5.74) is 0. The zero-order valence-electron chi connectivity index (χ0n) is 43.7. The molecule has 0 aliphatic rings. The SMILES string of the molecule is CC/C=C\C/C=C\C/C=C\C/C=C\C/C=C\C/C=C\C/C=C\C/C=C\C/C=C\C/C=C\C/C=C\CCCCCCCC(=O)NC(COP(=O)([O-])OCC[N+](C)(C)C)C(O)CCCCCCCCC. The maximum absolute atomic E-state index is 12.8. The van der Waals surface area contributed by atoms with Gasteiger partial charge in [-0.1, -0.05) is 212 Å². The minimum absolute atomic E-state index is 0.000324. The Morgan fingerprint density at radius 3 is 1.31 bits per heavy atom. The molecule has 68 heavy (non-hydrogen) atoms. The molecule has 8 nitrogen and oxygen atoms in total. The average Bonchev–Trinajstić information content (AvgIpc) is 3.30. The quantitative estimate of drug-likeness (QED) is 0.0272. The number of hydrogen-bond donors (Lipinski definition) is 2. The van der Waals surface area contributed by atoms with Crippen molar-refractivity contribution >= 4 is 13.7 Å².